The van der Waals surface area contributed by atoms with Gasteiger partial charge < -0.3 is 9.47 Å². The number of morpholine rings is 1. The van der Waals surface area contributed by atoms with Crippen LogP contribution >= 0.6 is 11.3 Å². The van der Waals surface area contributed by atoms with Gasteiger partial charge in [0.05, 0.1) is 36.1 Å². The Balaban J connectivity index is 1.60. The minimum Gasteiger partial charge on any atom is -0.465 e. The number of fused-ring (bicyclic) bond motifs is 1. The van der Waals surface area contributed by atoms with Crippen LogP contribution in [0.1, 0.15) is 38.3 Å². The number of amides is 1. The number of esters is 1. The van der Waals surface area contributed by atoms with Crippen LogP contribution in [0.2, 0.25) is 0 Å². The molecule has 0 N–H and O–H groups in total. The summed E-state index contributed by atoms with van der Waals surface area (Å²) in [7, 11) is 1.34. The van der Waals surface area contributed by atoms with Crippen molar-refractivity contribution < 1.29 is 19.1 Å². The molecule has 2 aromatic carbocycles. The maximum absolute atomic E-state index is 13.6. The second kappa shape index (κ2) is 10.4. The molecule has 7 nitrogen and oxygen atoms in total. The fourth-order valence-corrected chi connectivity index (χ4v) is 5.08. The average Bonchev–Trinajstić information content (AvgIpc) is 3.30. The lowest BCUT2D eigenvalue weighted by Gasteiger charge is -2.27. The summed E-state index contributed by atoms with van der Waals surface area (Å²) >= 11 is 1.55. The first-order valence-electron chi connectivity index (χ1n) is 11.1. The van der Waals surface area contributed by atoms with Crippen molar-refractivity contribution >= 4 is 38.6 Å². The van der Waals surface area contributed by atoms with Gasteiger partial charge in [-0.25, -0.2) is 9.78 Å². The third-order valence-corrected chi connectivity index (χ3v) is 7.13. The van der Waals surface area contributed by atoms with E-state index < -0.39 is 5.97 Å². The van der Waals surface area contributed by atoms with Crippen LogP contribution < -0.4 is 4.90 Å². The van der Waals surface area contributed by atoms with Crippen molar-refractivity contribution in [3.8, 4) is 0 Å². The number of carbonyl (C=O) groups is 2. The van der Waals surface area contributed by atoms with Crippen LogP contribution in [-0.4, -0.2) is 68.3 Å². The highest BCUT2D eigenvalue weighted by Gasteiger charge is 2.23. The van der Waals surface area contributed by atoms with Crippen molar-refractivity contribution in [2.75, 3.05) is 51.4 Å². The van der Waals surface area contributed by atoms with Crippen LogP contribution in [-0.2, 0) is 9.47 Å². The number of rotatable bonds is 7. The largest absolute Gasteiger partial charge is 0.465 e. The van der Waals surface area contributed by atoms with Crippen LogP contribution in [0.5, 0.6) is 0 Å². The van der Waals surface area contributed by atoms with Crippen molar-refractivity contribution in [1.82, 2.24) is 9.88 Å². The van der Waals surface area contributed by atoms with Gasteiger partial charge in [0.15, 0.2) is 5.13 Å². The van der Waals surface area contributed by atoms with E-state index in [1.807, 2.05) is 6.92 Å². The number of aromatic nitrogens is 1. The van der Waals surface area contributed by atoms with Crippen molar-refractivity contribution in [3.05, 3.63) is 58.7 Å². The number of hydrogen-bond acceptors (Lipinski definition) is 7. The average molecular weight is 468 g/mol. The molecule has 1 amide bonds. The summed E-state index contributed by atoms with van der Waals surface area (Å²) in [6.07, 6.45) is 0.833. The highest BCUT2D eigenvalue weighted by Crippen LogP contribution is 2.33. The quantitative estimate of drug-likeness (QED) is 0.488. The molecule has 0 spiro atoms. The van der Waals surface area contributed by atoms with Gasteiger partial charge in [0.1, 0.15) is 0 Å². The topological polar surface area (TPSA) is 72.0 Å². The minimum absolute atomic E-state index is 0.122. The molecule has 1 fully saturated rings. The number of ether oxygens (including phenoxy) is 2. The number of methoxy groups -OCH3 is 1. The minimum atomic E-state index is -0.423. The number of hydrogen-bond donors (Lipinski definition) is 0. The van der Waals surface area contributed by atoms with E-state index in [0.29, 0.717) is 22.8 Å². The molecule has 0 bridgehead atoms. The zero-order valence-electron chi connectivity index (χ0n) is 19.3. The molecule has 1 aromatic heterocycles. The lowest BCUT2D eigenvalue weighted by Crippen LogP contribution is -2.39. The molecule has 1 aliphatic rings. The second-order valence-corrected chi connectivity index (χ2v) is 9.18. The van der Waals surface area contributed by atoms with Gasteiger partial charge >= 0.3 is 5.97 Å². The molecule has 33 heavy (non-hydrogen) atoms. The van der Waals surface area contributed by atoms with E-state index in [-0.39, 0.29) is 5.91 Å². The Kier molecular flexibility index (Phi) is 7.37. The highest BCUT2D eigenvalue weighted by molar-refractivity contribution is 7.22. The molecule has 2 heterocycles. The third kappa shape index (κ3) is 5.24. The van der Waals surface area contributed by atoms with Crippen molar-refractivity contribution in [2.45, 2.75) is 20.3 Å². The normalized spacial score (nSPS) is 14.4. The van der Waals surface area contributed by atoms with Gasteiger partial charge in [0, 0.05) is 31.7 Å². The van der Waals surface area contributed by atoms with Crippen molar-refractivity contribution in [3.63, 3.8) is 0 Å². The fraction of sp³-hybridized carbons (Fsp3) is 0.400. The lowest BCUT2D eigenvalue weighted by molar-refractivity contribution is 0.0376. The number of benzene rings is 2. The Bertz CT molecular complexity index is 1100. The number of thiazole rings is 1. The summed E-state index contributed by atoms with van der Waals surface area (Å²) < 4.78 is 11.3. The maximum Gasteiger partial charge on any atom is 0.337 e. The second-order valence-electron chi connectivity index (χ2n) is 8.21. The molecule has 0 saturated carbocycles. The molecular formula is C25H29N3O4S. The van der Waals surface area contributed by atoms with Crippen LogP contribution in [0.15, 0.2) is 36.4 Å². The fourth-order valence-electron chi connectivity index (χ4n) is 3.95. The Morgan fingerprint density at radius 2 is 1.73 bits per heavy atom. The SMILES string of the molecule is COC(=O)c1ccc(C(=O)N(CCCN2CCOCC2)c2nc3c(C)ccc(C)c3s2)cc1. The van der Waals surface area contributed by atoms with Gasteiger partial charge in [-0.15, -0.1) is 0 Å². The van der Waals surface area contributed by atoms with Gasteiger partial charge in [-0.1, -0.05) is 23.5 Å². The van der Waals surface area contributed by atoms with Gasteiger partial charge in [0.2, 0.25) is 0 Å². The van der Waals surface area contributed by atoms with Crippen LogP contribution in [0.4, 0.5) is 5.13 Å². The number of carbonyl (C=O) groups excluding carboxylic acids is 2. The first-order chi connectivity index (χ1) is 16.0. The molecule has 0 radical (unpaired) electrons. The maximum atomic E-state index is 13.6. The zero-order chi connectivity index (χ0) is 23.4. The lowest BCUT2D eigenvalue weighted by atomic mass is 10.1. The van der Waals surface area contributed by atoms with E-state index in [4.69, 9.17) is 14.5 Å². The van der Waals surface area contributed by atoms with Crippen LogP contribution in [0, 0.1) is 13.8 Å². The molecule has 1 aliphatic heterocycles. The molecule has 4 rings (SSSR count). The molecule has 174 valence electrons. The monoisotopic (exact) mass is 467 g/mol. The van der Waals surface area contributed by atoms with Gasteiger partial charge in [-0.3, -0.25) is 14.6 Å². The molecular weight excluding hydrogens is 438 g/mol. The van der Waals surface area contributed by atoms with Crippen molar-refractivity contribution in [1.29, 1.82) is 0 Å². The summed E-state index contributed by atoms with van der Waals surface area (Å²) in [5.41, 5.74) is 4.13. The summed E-state index contributed by atoms with van der Waals surface area (Å²) in [5.74, 6) is -0.545. The number of anilines is 1. The predicted octanol–water partition coefficient (Wildman–Crippen LogP) is 4.07. The Morgan fingerprint density at radius 3 is 2.39 bits per heavy atom. The third-order valence-electron chi connectivity index (χ3n) is 5.92. The summed E-state index contributed by atoms with van der Waals surface area (Å²) in [6.45, 7) is 8.92. The van der Waals surface area contributed by atoms with E-state index in [0.717, 1.165) is 60.6 Å². The Morgan fingerprint density at radius 1 is 1.06 bits per heavy atom. The smallest absolute Gasteiger partial charge is 0.337 e. The van der Waals surface area contributed by atoms with E-state index in [1.54, 1.807) is 40.5 Å². The number of aryl methyl sites for hydroxylation is 2. The summed E-state index contributed by atoms with van der Waals surface area (Å²) in [5, 5.41) is 0.700. The van der Waals surface area contributed by atoms with Crippen molar-refractivity contribution in [2.24, 2.45) is 0 Å². The van der Waals surface area contributed by atoms with E-state index in [9.17, 15) is 9.59 Å². The van der Waals surface area contributed by atoms with E-state index in [1.165, 1.54) is 7.11 Å². The first kappa shape index (κ1) is 23.4. The highest BCUT2D eigenvalue weighted by atomic mass is 32.1. The van der Waals surface area contributed by atoms with Gasteiger partial charge in [-0.2, -0.15) is 0 Å². The predicted molar refractivity (Wildman–Crippen MR) is 130 cm³/mol. The van der Waals surface area contributed by atoms with E-state index in [2.05, 4.69) is 24.0 Å². The summed E-state index contributed by atoms with van der Waals surface area (Å²) in [6, 6.07) is 10.8. The van der Waals surface area contributed by atoms with Crippen LogP contribution in [0.3, 0.4) is 0 Å². The molecule has 0 aliphatic carbocycles. The van der Waals surface area contributed by atoms with Crippen LogP contribution in [0.25, 0.3) is 10.2 Å². The van der Waals surface area contributed by atoms with Gasteiger partial charge in [0.25, 0.3) is 5.91 Å². The standard InChI is InChI=1S/C25H29N3O4S/c1-17-5-6-18(2)22-21(17)26-25(33-22)28(12-4-11-27-13-15-32-16-14-27)23(29)19-7-9-20(10-8-19)24(30)31-3/h5-10H,4,11-16H2,1-3H3. The van der Waals surface area contributed by atoms with E-state index >= 15 is 0 Å². The number of nitrogens with zero attached hydrogens (tertiary/aromatic N) is 3. The Hall–Kier alpha value is -2.81. The van der Waals surface area contributed by atoms with Gasteiger partial charge in [-0.05, 0) is 55.7 Å². The molecule has 3 aromatic rings. The Labute approximate surface area is 197 Å². The zero-order valence-corrected chi connectivity index (χ0v) is 20.1. The molecule has 1 saturated heterocycles. The first-order valence-corrected chi connectivity index (χ1v) is 12.0. The molecule has 8 heteroatoms. The molecule has 0 atom stereocenters. The summed E-state index contributed by atoms with van der Waals surface area (Å²) in [4.78, 5) is 34.3. The molecule has 0 unspecified atom stereocenters.